The number of fused-ring (bicyclic) bond motifs is 1. The van der Waals surface area contributed by atoms with Crippen molar-refractivity contribution in [2.45, 2.75) is 13.5 Å². The summed E-state index contributed by atoms with van der Waals surface area (Å²) in [5.41, 5.74) is 3.51. The van der Waals surface area contributed by atoms with Gasteiger partial charge in [-0.1, -0.05) is 35.4 Å². The molecular formula is C22H17ClFI3N3OV. The molecule has 1 N–H and O–H groups in total. The van der Waals surface area contributed by atoms with Crippen molar-refractivity contribution in [2.24, 2.45) is 0 Å². The Hall–Kier alpha value is -0.406. The van der Waals surface area contributed by atoms with E-state index in [1.165, 1.54) is 18.5 Å². The Balaban J connectivity index is 0.000000668. The van der Waals surface area contributed by atoms with Gasteiger partial charge in [0.15, 0.2) is 0 Å². The van der Waals surface area contributed by atoms with Gasteiger partial charge >= 0.3 is 64.9 Å². The molecule has 1 heterocycles. The second kappa shape index (κ2) is 12.9. The number of aryl methyl sites for hydroxylation is 1. The zero-order valence-electron chi connectivity index (χ0n) is 16.7. The van der Waals surface area contributed by atoms with Crippen LogP contribution in [0.4, 0.5) is 15.9 Å². The number of rotatable bonds is 5. The molecule has 1 aromatic heterocycles. The van der Waals surface area contributed by atoms with E-state index < -0.39 is 0 Å². The van der Waals surface area contributed by atoms with Gasteiger partial charge in [0.1, 0.15) is 30.3 Å². The summed E-state index contributed by atoms with van der Waals surface area (Å²) in [7, 11) is 0. The second-order valence-corrected chi connectivity index (χ2v) is 42.4. The molecule has 4 rings (SSSR count). The van der Waals surface area contributed by atoms with Crippen molar-refractivity contribution < 1.29 is 14.0 Å². The third kappa shape index (κ3) is 8.12. The molecule has 0 spiro atoms. The Kier molecular flexibility index (Phi) is 10.6. The van der Waals surface area contributed by atoms with Gasteiger partial charge < -0.3 is 10.1 Å². The molecule has 10 heteroatoms. The number of aromatic nitrogens is 2. The first kappa shape index (κ1) is 26.2. The molecule has 0 aliphatic heterocycles. The molecule has 0 atom stereocenters. The number of hydrogen-bond acceptors (Lipinski definition) is 4. The molecule has 4 aromatic rings. The van der Waals surface area contributed by atoms with Crippen LogP contribution in [-0.4, -0.2) is 9.97 Å². The molecule has 166 valence electrons. The second-order valence-electron chi connectivity index (χ2n) is 6.62. The summed E-state index contributed by atoms with van der Waals surface area (Å²) in [4.78, 5) is 8.36. The van der Waals surface area contributed by atoms with Crippen molar-refractivity contribution in [3.8, 4) is 5.75 Å². The molecule has 0 aliphatic carbocycles. The molecule has 32 heavy (non-hydrogen) atoms. The van der Waals surface area contributed by atoms with Crippen molar-refractivity contribution in [1.29, 1.82) is 0 Å². The van der Waals surface area contributed by atoms with Crippen LogP contribution in [0.25, 0.3) is 10.9 Å². The average Bonchev–Trinajstić information content (AvgIpc) is 2.73. The molecular weight excluding hydrogens is 808 g/mol. The molecule has 0 aliphatic rings. The van der Waals surface area contributed by atoms with E-state index in [-0.39, 0.29) is 17.3 Å². The zero-order chi connectivity index (χ0) is 23.1. The molecule has 0 radical (unpaired) electrons. The van der Waals surface area contributed by atoms with Gasteiger partial charge in [-0.05, 0) is 55.0 Å². The third-order valence-electron chi connectivity index (χ3n) is 4.27. The van der Waals surface area contributed by atoms with Gasteiger partial charge in [-0.3, -0.25) is 0 Å². The molecule has 4 nitrogen and oxygen atoms in total. The maximum atomic E-state index is 13.3. The Morgan fingerprint density at radius 3 is 2.53 bits per heavy atom. The fraction of sp³-hybridized carbons (Fsp3) is 0.0909. The van der Waals surface area contributed by atoms with Crippen LogP contribution in [0.5, 0.6) is 5.75 Å². The summed E-state index contributed by atoms with van der Waals surface area (Å²) < 4.78 is 19.0. The van der Waals surface area contributed by atoms with Crippen molar-refractivity contribution in [3.05, 3.63) is 89.0 Å². The third-order valence-corrected chi connectivity index (χ3v) is 4.56. The number of halogens is 5. The standard InChI is InChI=1S/C22H17ClFN3O.3HI.V/c1-14-5-7-20-18(9-14)22(26-13-25-20)27-17-6-8-21(19(23)11-17)28-12-15-3-2-4-16(24)10-15;;;;/h2-11,13H,12H2,1H3,(H,25,26,27);3*1H;/q;;;;+3/p-3. The molecule has 0 amide bonds. The van der Waals surface area contributed by atoms with Gasteiger partial charge in [0.2, 0.25) is 0 Å². The van der Waals surface area contributed by atoms with Crippen LogP contribution in [0.15, 0.2) is 67.0 Å². The summed E-state index contributed by atoms with van der Waals surface area (Å²) in [6, 6.07) is 17.7. The maximum absolute atomic E-state index is 13.3. The number of nitrogens with one attached hydrogen (secondary N) is 1. The number of benzene rings is 3. The minimum atomic E-state index is -0.293. The topological polar surface area (TPSA) is 47.0 Å². The predicted molar refractivity (Wildman–Crippen MR) is 152 cm³/mol. The average molecular weight is 826 g/mol. The van der Waals surface area contributed by atoms with E-state index in [0.717, 1.165) is 27.7 Å². The zero-order valence-corrected chi connectivity index (χ0v) is 25.3. The van der Waals surface area contributed by atoms with Crippen LogP contribution in [-0.2, 0) is 11.5 Å². The normalized spacial score (nSPS) is 10.6. The molecule has 0 unspecified atom stereocenters. The van der Waals surface area contributed by atoms with Crippen molar-refractivity contribution >= 4 is 93.9 Å². The van der Waals surface area contributed by atoms with E-state index in [4.69, 9.17) is 16.3 Å². The monoisotopic (exact) mass is 825 g/mol. The number of anilines is 2. The molecule has 3 aromatic carbocycles. The van der Waals surface area contributed by atoms with Gasteiger partial charge in [0.05, 0.1) is 10.5 Å². The van der Waals surface area contributed by atoms with Crippen molar-refractivity contribution in [3.63, 3.8) is 0 Å². The van der Waals surface area contributed by atoms with Crippen molar-refractivity contribution in [1.82, 2.24) is 9.97 Å². The van der Waals surface area contributed by atoms with Gasteiger partial charge in [0.25, 0.3) is 0 Å². The Labute approximate surface area is 228 Å². The fourth-order valence-corrected chi connectivity index (χ4v) is 3.13. The summed E-state index contributed by atoms with van der Waals surface area (Å²) in [6.45, 7) is 2.26. The van der Waals surface area contributed by atoms with E-state index in [9.17, 15) is 4.39 Å². The Morgan fingerprint density at radius 1 is 1.03 bits per heavy atom. The van der Waals surface area contributed by atoms with Gasteiger partial charge in [-0.25, -0.2) is 14.4 Å². The van der Waals surface area contributed by atoms with E-state index in [2.05, 4.69) is 75.2 Å². The van der Waals surface area contributed by atoms with E-state index in [0.29, 0.717) is 16.6 Å². The van der Waals surface area contributed by atoms with Crippen LogP contribution in [0.2, 0.25) is 5.02 Å². The molecule has 0 saturated heterocycles. The van der Waals surface area contributed by atoms with E-state index >= 15 is 0 Å². The van der Waals surface area contributed by atoms with Crippen LogP contribution in [0.1, 0.15) is 11.1 Å². The first-order valence-corrected chi connectivity index (χ1v) is 23.1. The Morgan fingerprint density at radius 2 is 1.81 bits per heavy atom. The number of ether oxygens (including phenoxy) is 1. The first-order chi connectivity index (χ1) is 15.3. The SMILES string of the molecule is Cc1ccc2ncnc(Nc3ccc(OCc4cccc(F)c4)c(Cl)c3)c2c1.[I][V]([I])[I]. The van der Waals surface area contributed by atoms with Crippen LogP contribution < -0.4 is 10.1 Å². The van der Waals surface area contributed by atoms with E-state index in [1.54, 1.807) is 24.3 Å². The summed E-state index contributed by atoms with van der Waals surface area (Å²) in [5.74, 6) is 0.942. The summed E-state index contributed by atoms with van der Waals surface area (Å²) in [5, 5.41) is 4.67. The Bertz CT molecular complexity index is 1210. The first-order valence-electron chi connectivity index (χ1n) is 9.24. The quantitative estimate of drug-likeness (QED) is 0.205. The molecule has 0 fully saturated rings. The van der Waals surface area contributed by atoms with Crippen LogP contribution in [0.3, 0.4) is 0 Å². The fourth-order valence-electron chi connectivity index (χ4n) is 2.89. The van der Waals surface area contributed by atoms with Gasteiger partial charge in [0, 0.05) is 11.1 Å². The molecule has 0 bridgehead atoms. The predicted octanol–water partition coefficient (Wildman–Crippen LogP) is 8.71. The van der Waals surface area contributed by atoms with E-state index in [1.807, 2.05) is 31.2 Å². The summed E-state index contributed by atoms with van der Waals surface area (Å²) in [6.07, 6.45) is 1.53. The van der Waals surface area contributed by atoms with Crippen molar-refractivity contribution in [2.75, 3.05) is 5.32 Å². The molecule has 0 saturated carbocycles. The van der Waals surface area contributed by atoms with Crippen LogP contribution in [0, 0.1) is 12.7 Å². The summed E-state index contributed by atoms with van der Waals surface area (Å²) >= 11 is 13.8. The minimum absolute atomic E-state index is 0.236. The number of nitrogens with zero attached hydrogens (tertiary/aromatic N) is 2. The van der Waals surface area contributed by atoms with Crippen LogP contribution >= 0.6 is 71.5 Å². The van der Waals surface area contributed by atoms with Gasteiger partial charge in [-0.2, -0.15) is 0 Å². The number of hydrogen-bond donors (Lipinski definition) is 1. The van der Waals surface area contributed by atoms with Gasteiger partial charge in [-0.15, -0.1) is 0 Å².